The van der Waals surface area contributed by atoms with Crippen LogP contribution in [-0.4, -0.2) is 22.5 Å². The van der Waals surface area contributed by atoms with Crippen molar-refractivity contribution in [3.8, 4) is 0 Å². The molecule has 3 aromatic rings. The first-order valence-corrected chi connectivity index (χ1v) is 9.14. The number of carbonyl (C=O) groups is 1. The lowest BCUT2D eigenvalue weighted by Crippen LogP contribution is -2.46. The quantitative estimate of drug-likeness (QED) is 0.772. The van der Waals surface area contributed by atoms with E-state index in [0.717, 1.165) is 5.56 Å². The van der Waals surface area contributed by atoms with Gasteiger partial charge in [-0.15, -0.1) is 0 Å². The van der Waals surface area contributed by atoms with Crippen LogP contribution in [0.1, 0.15) is 25.0 Å². The average molecular weight is 344 g/mol. The van der Waals surface area contributed by atoms with Crippen molar-refractivity contribution >= 4 is 16.7 Å². The molecule has 4 rings (SSSR count). The molecule has 1 N–H and O–H groups in total. The molecule has 3 heteroatoms. The van der Waals surface area contributed by atoms with Gasteiger partial charge >= 0.3 is 0 Å². The molecule has 1 atom stereocenters. The van der Waals surface area contributed by atoms with E-state index in [-0.39, 0.29) is 17.6 Å². The molecular weight excluding hydrogens is 320 g/mol. The number of carbonyl (C=O) groups excluding carboxylic acids is 1. The molecule has 0 spiro atoms. The third kappa shape index (κ3) is 3.23. The van der Waals surface area contributed by atoms with Gasteiger partial charge in [-0.05, 0) is 42.2 Å². The van der Waals surface area contributed by atoms with Crippen molar-refractivity contribution in [3.05, 3.63) is 83.9 Å². The highest BCUT2D eigenvalue weighted by Crippen LogP contribution is 2.26. The normalized spacial score (nSPS) is 19.2. The Morgan fingerprint density at radius 3 is 2.35 bits per heavy atom. The van der Waals surface area contributed by atoms with E-state index < -0.39 is 0 Å². The molecule has 1 aliphatic rings. The largest absolute Gasteiger partial charge is 0.319 e. The van der Waals surface area contributed by atoms with Crippen LogP contribution in [0.4, 0.5) is 0 Å². The molecule has 3 aromatic carbocycles. The zero-order chi connectivity index (χ0) is 18.1. The lowest BCUT2D eigenvalue weighted by atomic mass is 10.0. The topological polar surface area (TPSA) is 32.3 Å². The first kappa shape index (κ1) is 16.8. The zero-order valence-electron chi connectivity index (χ0n) is 15.3. The smallest absolute Gasteiger partial charge is 0.241 e. The summed E-state index contributed by atoms with van der Waals surface area (Å²) >= 11 is 0. The number of hydrogen-bond donors (Lipinski definition) is 1. The van der Waals surface area contributed by atoms with E-state index in [0.29, 0.717) is 13.0 Å². The van der Waals surface area contributed by atoms with Crippen LogP contribution in [0.25, 0.3) is 10.8 Å². The molecule has 0 aliphatic carbocycles. The van der Waals surface area contributed by atoms with Crippen molar-refractivity contribution < 1.29 is 4.79 Å². The third-order valence-electron chi connectivity index (χ3n) is 5.20. The second kappa shape index (κ2) is 6.58. The number of nitrogens with zero attached hydrogens (tertiary/aromatic N) is 1. The van der Waals surface area contributed by atoms with Crippen molar-refractivity contribution in [2.24, 2.45) is 0 Å². The Morgan fingerprint density at radius 1 is 0.885 bits per heavy atom. The van der Waals surface area contributed by atoms with Gasteiger partial charge in [-0.25, -0.2) is 0 Å². The Kier molecular flexibility index (Phi) is 4.25. The number of hydrogen-bond acceptors (Lipinski definition) is 2. The summed E-state index contributed by atoms with van der Waals surface area (Å²) in [6.45, 7) is 4.79. The van der Waals surface area contributed by atoms with Crippen LogP contribution in [0, 0.1) is 0 Å². The van der Waals surface area contributed by atoms with E-state index in [1.807, 2.05) is 29.2 Å². The fraction of sp³-hybridized carbons (Fsp3) is 0.261. The average Bonchev–Trinajstić information content (AvgIpc) is 2.85. The lowest BCUT2D eigenvalue weighted by Gasteiger charge is -2.31. The summed E-state index contributed by atoms with van der Waals surface area (Å²) in [5.41, 5.74) is 1.99. The summed E-state index contributed by atoms with van der Waals surface area (Å²) in [5.74, 6) is 0.173. The molecule has 0 radical (unpaired) electrons. The number of rotatable bonds is 4. The lowest BCUT2D eigenvalue weighted by molar-refractivity contribution is -0.132. The van der Waals surface area contributed by atoms with Gasteiger partial charge in [-0.1, -0.05) is 72.8 Å². The fourth-order valence-electron chi connectivity index (χ4n) is 3.81. The molecule has 1 aliphatic heterocycles. The minimum Gasteiger partial charge on any atom is -0.319 e. The molecule has 1 fully saturated rings. The van der Waals surface area contributed by atoms with E-state index in [2.05, 4.69) is 67.7 Å². The minimum atomic E-state index is -0.353. The van der Waals surface area contributed by atoms with Gasteiger partial charge in [0.15, 0.2) is 0 Å². The minimum absolute atomic E-state index is 0.173. The van der Waals surface area contributed by atoms with Crippen molar-refractivity contribution in [3.63, 3.8) is 0 Å². The fourth-order valence-corrected chi connectivity index (χ4v) is 3.81. The molecule has 132 valence electrons. The Balaban J connectivity index is 1.54. The number of amides is 1. The SMILES string of the molecule is CC1(C)N[C@@H](Cc2ccc3ccccc3c2)C(=O)N1Cc1ccccc1. The van der Waals surface area contributed by atoms with Crippen molar-refractivity contribution in [1.29, 1.82) is 0 Å². The number of benzene rings is 3. The maximum atomic E-state index is 13.1. The molecule has 1 amide bonds. The predicted molar refractivity (Wildman–Crippen MR) is 106 cm³/mol. The second-order valence-corrected chi connectivity index (χ2v) is 7.55. The summed E-state index contributed by atoms with van der Waals surface area (Å²) < 4.78 is 0. The third-order valence-corrected chi connectivity index (χ3v) is 5.20. The molecule has 0 aromatic heterocycles. The van der Waals surface area contributed by atoms with Crippen molar-refractivity contribution in [2.75, 3.05) is 0 Å². The first-order valence-electron chi connectivity index (χ1n) is 9.14. The second-order valence-electron chi connectivity index (χ2n) is 7.55. The molecule has 0 saturated carbocycles. The molecule has 0 unspecified atom stereocenters. The Labute approximate surface area is 154 Å². The number of nitrogens with one attached hydrogen (secondary N) is 1. The molecule has 26 heavy (non-hydrogen) atoms. The van der Waals surface area contributed by atoms with Gasteiger partial charge in [0.2, 0.25) is 5.91 Å². The maximum absolute atomic E-state index is 13.1. The van der Waals surface area contributed by atoms with E-state index in [1.54, 1.807) is 0 Å². The molecular formula is C23H24N2O. The van der Waals surface area contributed by atoms with Gasteiger partial charge in [0, 0.05) is 6.54 Å². The molecule has 3 nitrogen and oxygen atoms in total. The van der Waals surface area contributed by atoms with Crippen LogP contribution < -0.4 is 5.32 Å². The van der Waals surface area contributed by atoms with Crippen LogP contribution in [-0.2, 0) is 17.8 Å². The summed E-state index contributed by atoms with van der Waals surface area (Å²) in [7, 11) is 0. The monoisotopic (exact) mass is 344 g/mol. The van der Waals surface area contributed by atoms with Crippen LogP contribution >= 0.6 is 0 Å². The van der Waals surface area contributed by atoms with Gasteiger partial charge in [-0.2, -0.15) is 0 Å². The summed E-state index contributed by atoms with van der Waals surface area (Å²) in [6, 6.07) is 24.8. The van der Waals surface area contributed by atoms with E-state index in [9.17, 15) is 4.79 Å². The Hall–Kier alpha value is -2.65. The van der Waals surface area contributed by atoms with Gasteiger partial charge in [0.1, 0.15) is 0 Å². The Morgan fingerprint density at radius 2 is 1.58 bits per heavy atom. The highest BCUT2D eigenvalue weighted by atomic mass is 16.2. The van der Waals surface area contributed by atoms with E-state index in [1.165, 1.54) is 16.3 Å². The summed E-state index contributed by atoms with van der Waals surface area (Å²) in [4.78, 5) is 15.0. The van der Waals surface area contributed by atoms with Crippen LogP contribution in [0.3, 0.4) is 0 Å². The van der Waals surface area contributed by atoms with Crippen LogP contribution in [0.5, 0.6) is 0 Å². The summed E-state index contributed by atoms with van der Waals surface area (Å²) in [5, 5.41) is 5.97. The molecule has 0 bridgehead atoms. The van der Waals surface area contributed by atoms with Gasteiger partial charge in [-0.3, -0.25) is 10.1 Å². The summed E-state index contributed by atoms with van der Waals surface area (Å²) in [6.07, 6.45) is 0.707. The van der Waals surface area contributed by atoms with Gasteiger partial charge in [0.25, 0.3) is 0 Å². The van der Waals surface area contributed by atoms with Gasteiger partial charge in [0.05, 0.1) is 11.7 Å². The van der Waals surface area contributed by atoms with Crippen LogP contribution in [0.15, 0.2) is 72.8 Å². The first-order chi connectivity index (χ1) is 12.5. The van der Waals surface area contributed by atoms with Crippen LogP contribution in [0.2, 0.25) is 0 Å². The van der Waals surface area contributed by atoms with Gasteiger partial charge < -0.3 is 4.90 Å². The number of fused-ring (bicyclic) bond motifs is 1. The maximum Gasteiger partial charge on any atom is 0.241 e. The van der Waals surface area contributed by atoms with Crippen molar-refractivity contribution in [2.45, 2.75) is 38.5 Å². The highest BCUT2D eigenvalue weighted by Gasteiger charge is 2.43. The predicted octanol–water partition coefficient (Wildman–Crippen LogP) is 4.12. The molecule has 1 saturated heterocycles. The van der Waals surface area contributed by atoms with Crippen molar-refractivity contribution in [1.82, 2.24) is 10.2 Å². The standard InChI is InChI=1S/C23H24N2O/c1-23(2)24-21(22(26)25(23)16-17-8-4-3-5-9-17)15-18-12-13-19-10-6-7-11-20(19)14-18/h3-14,21,24H,15-16H2,1-2H3/t21-/m0/s1. The van der Waals surface area contributed by atoms with E-state index >= 15 is 0 Å². The highest BCUT2D eigenvalue weighted by molar-refractivity contribution is 5.86. The molecule has 1 heterocycles. The Bertz CT molecular complexity index is 933. The zero-order valence-corrected chi connectivity index (χ0v) is 15.3. The van der Waals surface area contributed by atoms with E-state index in [4.69, 9.17) is 0 Å².